The van der Waals surface area contributed by atoms with Crippen molar-refractivity contribution in [3.05, 3.63) is 29.8 Å². The second kappa shape index (κ2) is 8.82. The lowest BCUT2D eigenvalue weighted by Crippen LogP contribution is -2.45. The van der Waals surface area contributed by atoms with Gasteiger partial charge in [0.15, 0.2) is 5.96 Å². The number of rotatable bonds is 5. The van der Waals surface area contributed by atoms with Crippen molar-refractivity contribution in [1.82, 2.24) is 10.6 Å². The zero-order valence-electron chi connectivity index (χ0n) is 12.6. The molecular weight excluding hydrogens is 282 g/mol. The molecule has 116 valence electrons. The molecule has 21 heavy (non-hydrogen) atoms. The number of phenolic OH excluding ortho intramolecular Hbond substituents is 1. The fraction of sp³-hybridized carbons (Fsp3) is 0.562. The molecule has 2 rings (SSSR count). The highest BCUT2D eigenvalue weighted by molar-refractivity contribution is 7.99. The van der Waals surface area contributed by atoms with E-state index in [0.29, 0.717) is 11.8 Å². The van der Waals surface area contributed by atoms with Crippen molar-refractivity contribution in [3.63, 3.8) is 0 Å². The van der Waals surface area contributed by atoms with E-state index < -0.39 is 0 Å². The van der Waals surface area contributed by atoms with Gasteiger partial charge in [-0.25, -0.2) is 0 Å². The highest BCUT2D eigenvalue weighted by atomic mass is 32.2. The number of aromatic hydroxyl groups is 1. The van der Waals surface area contributed by atoms with Gasteiger partial charge in [-0.15, -0.1) is 0 Å². The standard InChI is InChI=1S/C16H25N3OS/c1-2-17-16(19-14-6-4-10-21-12-14)18-9-8-13-5-3-7-15(20)11-13/h3,5,7,11,14,20H,2,4,6,8-10,12H2,1H3,(H2,17,18,19). The molecule has 0 aliphatic carbocycles. The summed E-state index contributed by atoms with van der Waals surface area (Å²) in [5.41, 5.74) is 1.11. The van der Waals surface area contributed by atoms with Crippen LogP contribution in [0.2, 0.25) is 0 Å². The number of benzene rings is 1. The van der Waals surface area contributed by atoms with Crippen molar-refractivity contribution in [2.75, 3.05) is 24.6 Å². The molecule has 0 radical (unpaired) electrons. The molecule has 5 heteroatoms. The van der Waals surface area contributed by atoms with Crippen LogP contribution in [0, 0.1) is 0 Å². The third-order valence-corrected chi connectivity index (χ3v) is 4.64. The van der Waals surface area contributed by atoms with E-state index in [1.54, 1.807) is 12.1 Å². The molecule has 3 N–H and O–H groups in total. The van der Waals surface area contributed by atoms with Gasteiger partial charge in [-0.05, 0) is 49.6 Å². The van der Waals surface area contributed by atoms with Crippen LogP contribution >= 0.6 is 11.8 Å². The largest absolute Gasteiger partial charge is 0.508 e. The van der Waals surface area contributed by atoms with E-state index in [1.165, 1.54) is 18.6 Å². The maximum atomic E-state index is 9.46. The Bertz CT molecular complexity index is 459. The third-order valence-electron chi connectivity index (χ3n) is 3.43. The molecule has 4 nitrogen and oxygen atoms in total. The molecule has 0 amide bonds. The average Bonchev–Trinajstić information content (AvgIpc) is 2.48. The Morgan fingerprint density at radius 1 is 1.48 bits per heavy atom. The number of nitrogens with zero attached hydrogens (tertiary/aromatic N) is 1. The molecule has 1 fully saturated rings. The summed E-state index contributed by atoms with van der Waals surface area (Å²) >= 11 is 2.01. The molecule has 1 heterocycles. The smallest absolute Gasteiger partial charge is 0.191 e. The quantitative estimate of drug-likeness (QED) is 0.577. The van der Waals surface area contributed by atoms with Crippen LogP contribution in [0.4, 0.5) is 0 Å². The predicted octanol–water partition coefficient (Wildman–Crippen LogP) is 2.39. The van der Waals surface area contributed by atoms with Crippen LogP contribution < -0.4 is 10.6 Å². The number of guanidine groups is 1. The molecule has 0 bridgehead atoms. The lowest BCUT2D eigenvalue weighted by Gasteiger charge is -2.24. The molecule has 1 aliphatic heterocycles. The molecule has 0 aromatic heterocycles. The van der Waals surface area contributed by atoms with Crippen LogP contribution in [-0.4, -0.2) is 41.7 Å². The van der Waals surface area contributed by atoms with Crippen LogP contribution in [0.25, 0.3) is 0 Å². The van der Waals surface area contributed by atoms with Gasteiger partial charge < -0.3 is 15.7 Å². The minimum Gasteiger partial charge on any atom is -0.508 e. The fourth-order valence-electron chi connectivity index (χ4n) is 2.38. The number of nitrogens with one attached hydrogen (secondary N) is 2. The van der Waals surface area contributed by atoms with Gasteiger partial charge in [0, 0.05) is 24.9 Å². The summed E-state index contributed by atoms with van der Waals surface area (Å²) in [6, 6.07) is 7.92. The third kappa shape index (κ3) is 5.87. The molecule has 1 aromatic rings. The lowest BCUT2D eigenvalue weighted by molar-refractivity contribution is 0.474. The summed E-state index contributed by atoms with van der Waals surface area (Å²) in [5.74, 6) is 3.67. The summed E-state index contributed by atoms with van der Waals surface area (Å²) in [6.07, 6.45) is 3.35. The van der Waals surface area contributed by atoms with E-state index in [-0.39, 0.29) is 0 Å². The van der Waals surface area contributed by atoms with Crippen molar-refractivity contribution in [1.29, 1.82) is 0 Å². The first-order chi connectivity index (χ1) is 10.3. The SMILES string of the molecule is CCNC(=NCCc1cccc(O)c1)NC1CCCSC1. The Morgan fingerprint density at radius 2 is 2.38 bits per heavy atom. The first-order valence-corrected chi connectivity index (χ1v) is 8.84. The predicted molar refractivity (Wildman–Crippen MR) is 91.3 cm³/mol. The van der Waals surface area contributed by atoms with E-state index in [9.17, 15) is 5.11 Å². The van der Waals surface area contributed by atoms with Crippen LogP contribution in [-0.2, 0) is 6.42 Å². The lowest BCUT2D eigenvalue weighted by atomic mass is 10.1. The Hall–Kier alpha value is -1.36. The summed E-state index contributed by atoms with van der Waals surface area (Å²) < 4.78 is 0. The van der Waals surface area contributed by atoms with Gasteiger partial charge in [0.25, 0.3) is 0 Å². The zero-order chi connectivity index (χ0) is 14.9. The van der Waals surface area contributed by atoms with E-state index in [4.69, 9.17) is 0 Å². The van der Waals surface area contributed by atoms with Crippen LogP contribution in [0.15, 0.2) is 29.3 Å². The van der Waals surface area contributed by atoms with Crippen molar-refractivity contribution < 1.29 is 5.11 Å². The minimum absolute atomic E-state index is 0.320. The first kappa shape index (κ1) is 16.0. The summed E-state index contributed by atoms with van der Waals surface area (Å²) in [6.45, 7) is 3.68. The van der Waals surface area contributed by atoms with Gasteiger partial charge >= 0.3 is 0 Å². The van der Waals surface area contributed by atoms with Crippen molar-refractivity contribution >= 4 is 17.7 Å². The minimum atomic E-state index is 0.320. The molecular formula is C16H25N3OS. The van der Waals surface area contributed by atoms with Gasteiger partial charge in [0.2, 0.25) is 0 Å². The zero-order valence-corrected chi connectivity index (χ0v) is 13.5. The maximum Gasteiger partial charge on any atom is 0.191 e. The molecule has 0 spiro atoms. The molecule has 0 saturated carbocycles. The normalized spacial score (nSPS) is 19.3. The number of phenols is 1. The average molecular weight is 307 g/mol. The van der Waals surface area contributed by atoms with Gasteiger partial charge in [0.05, 0.1) is 0 Å². The molecule has 1 unspecified atom stereocenters. The van der Waals surface area contributed by atoms with Gasteiger partial charge in [-0.2, -0.15) is 11.8 Å². The van der Waals surface area contributed by atoms with Crippen molar-refractivity contribution in [2.45, 2.75) is 32.2 Å². The number of thioether (sulfide) groups is 1. The second-order valence-corrected chi connectivity index (χ2v) is 6.39. The Kier molecular flexibility index (Phi) is 6.73. The summed E-state index contributed by atoms with van der Waals surface area (Å²) in [7, 11) is 0. The van der Waals surface area contributed by atoms with E-state index in [2.05, 4.69) is 22.5 Å². The van der Waals surface area contributed by atoms with Gasteiger partial charge in [-0.3, -0.25) is 4.99 Å². The number of hydrogen-bond acceptors (Lipinski definition) is 3. The Morgan fingerprint density at radius 3 is 3.10 bits per heavy atom. The Balaban J connectivity index is 1.84. The highest BCUT2D eigenvalue weighted by Gasteiger charge is 2.14. The number of aliphatic imine (C=N–C) groups is 1. The van der Waals surface area contributed by atoms with Crippen molar-refractivity contribution in [2.24, 2.45) is 4.99 Å². The summed E-state index contributed by atoms with van der Waals surface area (Å²) in [4.78, 5) is 4.64. The second-order valence-electron chi connectivity index (χ2n) is 5.24. The van der Waals surface area contributed by atoms with E-state index in [0.717, 1.165) is 36.8 Å². The molecule has 1 aliphatic rings. The molecule has 1 aromatic carbocycles. The van der Waals surface area contributed by atoms with E-state index in [1.807, 2.05) is 23.9 Å². The fourth-order valence-corrected chi connectivity index (χ4v) is 3.45. The molecule has 1 saturated heterocycles. The Labute approximate surface area is 131 Å². The van der Waals surface area contributed by atoms with Crippen LogP contribution in [0.5, 0.6) is 5.75 Å². The van der Waals surface area contributed by atoms with Crippen LogP contribution in [0.3, 0.4) is 0 Å². The van der Waals surface area contributed by atoms with Crippen molar-refractivity contribution in [3.8, 4) is 5.75 Å². The molecule has 1 atom stereocenters. The topological polar surface area (TPSA) is 56.7 Å². The van der Waals surface area contributed by atoms with E-state index >= 15 is 0 Å². The van der Waals surface area contributed by atoms with Gasteiger partial charge in [0.1, 0.15) is 5.75 Å². The van der Waals surface area contributed by atoms with Crippen LogP contribution in [0.1, 0.15) is 25.3 Å². The first-order valence-electron chi connectivity index (χ1n) is 7.68. The highest BCUT2D eigenvalue weighted by Crippen LogP contribution is 2.16. The maximum absolute atomic E-state index is 9.46. The monoisotopic (exact) mass is 307 g/mol. The number of hydrogen-bond donors (Lipinski definition) is 3. The van der Waals surface area contributed by atoms with Gasteiger partial charge in [-0.1, -0.05) is 12.1 Å². The summed E-state index contributed by atoms with van der Waals surface area (Å²) in [5, 5.41) is 16.3.